The predicted octanol–water partition coefficient (Wildman–Crippen LogP) is 3.75. The normalized spacial score (nSPS) is 18.0. The lowest BCUT2D eigenvalue weighted by molar-refractivity contribution is 0.0635. The maximum absolute atomic E-state index is 11.8. The summed E-state index contributed by atoms with van der Waals surface area (Å²) in [6, 6.07) is 5.92. The number of carbonyl (C=O) groups excluding carboxylic acids is 1. The highest BCUT2D eigenvalue weighted by molar-refractivity contribution is 5.86. The van der Waals surface area contributed by atoms with E-state index in [1.165, 1.54) is 0 Å². The van der Waals surface area contributed by atoms with Gasteiger partial charge in [0.25, 0.3) is 0 Å². The maximum Gasteiger partial charge on any atom is 0.412 e. The minimum absolute atomic E-state index is 0.0881. The first kappa shape index (κ1) is 15.8. The maximum atomic E-state index is 11.8. The van der Waals surface area contributed by atoms with Gasteiger partial charge in [0, 0.05) is 11.1 Å². The SMILES string of the molecule is Cc1cc(C2(C(C)O)CC2)ccc1NC(=O)OC(C)(C)C. The Morgan fingerprint density at radius 1 is 1.38 bits per heavy atom. The molecule has 1 aliphatic carbocycles. The van der Waals surface area contributed by atoms with Gasteiger partial charge < -0.3 is 9.84 Å². The van der Waals surface area contributed by atoms with Crippen LogP contribution in [-0.2, 0) is 10.2 Å². The van der Waals surface area contributed by atoms with Gasteiger partial charge in [0.05, 0.1) is 6.10 Å². The molecule has 0 aliphatic heterocycles. The molecule has 1 amide bonds. The molecule has 1 fully saturated rings. The number of hydrogen-bond donors (Lipinski definition) is 2. The third kappa shape index (κ3) is 3.56. The van der Waals surface area contributed by atoms with Crippen LogP contribution in [0.4, 0.5) is 10.5 Å². The quantitative estimate of drug-likeness (QED) is 0.891. The van der Waals surface area contributed by atoms with Gasteiger partial charge in [0.15, 0.2) is 0 Å². The van der Waals surface area contributed by atoms with Crippen LogP contribution in [0.15, 0.2) is 18.2 Å². The van der Waals surface area contributed by atoms with Gasteiger partial charge in [-0.25, -0.2) is 4.79 Å². The largest absolute Gasteiger partial charge is 0.444 e. The van der Waals surface area contributed by atoms with E-state index in [1.54, 1.807) is 0 Å². The highest BCUT2D eigenvalue weighted by Crippen LogP contribution is 2.51. The summed E-state index contributed by atoms with van der Waals surface area (Å²) < 4.78 is 5.25. The molecule has 1 aromatic carbocycles. The molecule has 1 aliphatic rings. The van der Waals surface area contributed by atoms with E-state index in [1.807, 2.05) is 52.8 Å². The number of ether oxygens (including phenoxy) is 1. The van der Waals surface area contributed by atoms with Gasteiger partial charge in [-0.3, -0.25) is 5.32 Å². The molecular formula is C17H25NO3. The van der Waals surface area contributed by atoms with E-state index in [0.717, 1.165) is 29.7 Å². The van der Waals surface area contributed by atoms with Crippen molar-refractivity contribution in [2.45, 2.75) is 64.6 Å². The average molecular weight is 291 g/mol. The molecule has 1 atom stereocenters. The molecular weight excluding hydrogens is 266 g/mol. The lowest BCUT2D eigenvalue weighted by atomic mass is 9.89. The highest BCUT2D eigenvalue weighted by atomic mass is 16.6. The molecule has 4 nitrogen and oxygen atoms in total. The number of aryl methyl sites for hydroxylation is 1. The molecule has 2 N–H and O–H groups in total. The zero-order valence-electron chi connectivity index (χ0n) is 13.5. The summed E-state index contributed by atoms with van der Waals surface area (Å²) in [7, 11) is 0. The van der Waals surface area contributed by atoms with Crippen LogP contribution in [0.2, 0.25) is 0 Å². The van der Waals surface area contributed by atoms with Crippen LogP contribution in [0, 0.1) is 6.92 Å². The third-order valence-corrected chi connectivity index (χ3v) is 4.03. The van der Waals surface area contributed by atoms with Gasteiger partial charge in [-0.15, -0.1) is 0 Å². The molecule has 0 heterocycles. The molecule has 0 bridgehead atoms. The van der Waals surface area contributed by atoms with Gasteiger partial charge in [-0.1, -0.05) is 12.1 Å². The van der Waals surface area contributed by atoms with Crippen LogP contribution in [0.25, 0.3) is 0 Å². The zero-order chi connectivity index (χ0) is 15.8. The summed E-state index contributed by atoms with van der Waals surface area (Å²) in [6.45, 7) is 9.30. The molecule has 0 saturated heterocycles. The molecule has 0 spiro atoms. The van der Waals surface area contributed by atoms with E-state index in [4.69, 9.17) is 4.74 Å². The Hall–Kier alpha value is -1.55. The Labute approximate surface area is 126 Å². The smallest absolute Gasteiger partial charge is 0.412 e. The van der Waals surface area contributed by atoms with E-state index in [0.29, 0.717) is 0 Å². The van der Waals surface area contributed by atoms with Crippen LogP contribution in [0.5, 0.6) is 0 Å². The van der Waals surface area contributed by atoms with Crippen molar-refractivity contribution >= 4 is 11.8 Å². The van der Waals surface area contributed by atoms with Crippen molar-refractivity contribution < 1.29 is 14.6 Å². The molecule has 0 aromatic heterocycles. The topological polar surface area (TPSA) is 58.6 Å². The average Bonchev–Trinajstić information content (AvgIpc) is 3.10. The van der Waals surface area contributed by atoms with Crippen molar-refractivity contribution in [3.63, 3.8) is 0 Å². The molecule has 4 heteroatoms. The van der Waals surface area contributed by atoms with Crippen molar-refractivity contribution in [2.24, 2.45) is 0 Å². The molecule has 1 unspecified atom stereocenters. The minimum Gasteiger partial charge on any atom is -0.444 e. The Bertz CT molecular complexity index is 539. The Morgan fingerprint density at radius 2 is 2.00 bits per heavy atom. The predicted molar refractivity (Wildman–Crippen MR) is 83.6 cm³/mol. The van der Waals surface area contributed by atoms with Crippen molar-refractivity contribution in [1.29, 1.82) is 0 Å². The van der Waals surface area contributed by atoms with Gasteiger partial charge >= 0.3 is 6.09 Å². The fraction of sp³-hybridized carbons (Fsp3) is 0.588. The van der Waals surface area contributed by atoms with E-state index >= 15 is 0 Å². The minimum atomic E-state index is -0.512. The Balaban J connectivity index is 2.12. The fourth-order valence-electron chi connectivity index (χ4n) is 2.61. The first-order valence-corrected chi connectivity index (χ1v) is 7.43. The Kier molecular flexibility index (Phi) is 4.02. The fourth-order valence-corrected chi connectivity index (χ4v) is 2.61. The zero-order valence-corrected chi connectivity index (χ0v) is 13.5. The lowest BCUT2D eigenvalue weighted by Crippen LogP contribution is -2.27. The summed E-state index contributed by atoms with van der Waals surface area (Å²) in [5.74, 6) is 0. The summed E-state index contributed by atoms with van der Waals surface area (Å²) in [5.41, 5.74) is 2.27. The number of rotatable bonds is 3. The van der Waals surface area contributed by atoms with Gasteiger partial charge in [0.2, 0.25) is 0 Å². The van der Waals surface area contributed by atoms with Gasteiger partial charge in [-0.2, -0.15) is 0 Å². The second-order valence-electron chi connectivity index (χ2n) is 6.99. The van der Waals surface area contributed by atoms with Crippen LogP contribution in [-0.4, -0.2) is 22.9 Å². The van der Waals surface area contributed by atoms with Crippen molar-refractivity contribution in [3.8, 4) is 0 Å². The van der Waals surface area contributed by atoms with Crippen molar-refractivity contribution in [1.82, 2.24) is 0 Å². The monoisotopic (exact) mass is 291 g/mol. The van der Waals surface area contributed by atoms with Crippen molar-refractivity contribution in [2.75, 3.05) is 5.32 Å². The summed E-state index contributed by atoms with van der Waals surface area (Å²) in [4.78, 5) is 11.8. The van der Waals surface area contributed by atoms with Crippen LogP contribution < -0.4 is 5.32 Å². The first-order valence-electron chi connectivity index (χ1n) is 7.43. The number of aliphatic hydroxyl groups is 1. The number of anilines is 1. The van der Waals surface area contributed by atoms with Gasteiger partial charge in [-0.05, 0) is 64.7 Å². The van der Waals surface area contributed by atoms with Crippen LogP contribution >= 0.6 is 0 Å². The molecule has 116 valence electrons. The number of nitrogens with one attached hydrogen (secondary N) is 1. The number of hydrogen-bond acceptors (Lipinski definition) is 3. The van der Waals surface area contributed by atoms with Gasteiger partial charge in [0.1, 0.15) is 5.60 Å². The van der Waals surface area contributed by atoms with Crippen molar-refractivity contribution in [3.05, 3.63) is 29.3 Å². The van der Waals surface area contributed by atoms with E-state index in [9.17, 15) is 9.90 Å². The lowest BCUT2D eigenvalue weighted by Gasteiger charge is -2.22. The number of aliphatic hydroxyl groups excluding tert-OH is 1. The summed E-state index contributed by atoms with van der Waals surface area (Å²) >= 11 is 0. The Morgan fingerprint density at radius 3 is 2.43 bits per heavy atom. The number of benzene rings is 1. The van der Waals surface area contributed by atoms with E-state index in [2.05, 4.69) is 5.32 Å². The second kappa shape index (κ2) is 5.34. The first-order chi connectivity index (χ1) is 9.64. The van der Waals surface area contributed by atoms with Crippen LogP contribution in [0.1, 0.15) is 51.7 Å². The summed E-state index contributed by atoms with van der Waals surface area (Å²) in [6.07, 6.45) is 1.24. The molecule has 2 rings (SSSR count). The summed E-state index contributed by atoms with van der Waals surface area (Å²) in [5, 5.41) is 12.7. The van der Waals surface area contributed by atoms with Crippen LogP contribution in [0.3, 0.4) is 0 Å². The molecule has 21 heavy (non-hydrogen) atoms. The number of amides is 1. The standard InChI is InChI=1S/C17H25NO3/c1-11-10-13(17(8-9-17)12(2)19)6-7-14(11)18-15(20)21-16(3,4)5/h6-7,10,12,19H,8-9H2,1-5H3,(H,18,20). The second-order valence-corrected chi connectivity index (χ2v) is 6.99. The highest BCUT2D eigenvalue weighted by Gasteiger charge is 2.48. The third-order valence-electron chi connectivity index (χ3n) is 4.03. The number of carbonyl (C=O) groups is 1. The van der Waals surface area contributed by atoms with E-state index < -0.39 is 11.7 Å². The molecule has 0 radical (unpaired) electrons. The van der Waals surface area contributed by atoms with E-state index in [-0.39, 0.29) is 11.5 Å². The molecule has 1 saturated carbocycles. The molecule has 1 aromatic rings.